The molecule has 0 heterocycles. The molecule has 0 aromatic carbocycles. The van der Waals surface area contributed by atoms with E-state index in [4.69, 9.17) is 4.55 Å². The van der Waals surface area contributed by atoms with Gasteiger partial charge in [0.2, 0.25) is 8.96 Å². The summed E-state index contributed by atoms with van der Waals surface area (Å²) in [6.45, 7) is 0. The van der Waals surface area contributed by atoms with Gasteiger partial charge in [0.15, 0.2) is 0 Å². The lowest BCUT2D eigenvalue weighted by atomic mass is 13.9. The van der Waals surface area contributed by atoms with Crippen LogP contribution in [0.5, 0.6) is 0 Å². The molecule has 1 unspecified atom stereocenters. The molecule has 0 radical (unpaired) electrons. The largest absolute Gasteiger partial charge is 0.294 e. The van der Waals surface area contributed by atoms with Gasteiger partial charge in [-0.05, 0) is 0 Å². The van der Waals surface area contributed by atoms with E-state index in [2.05, 4.69) is 16.3 Å². The van der Waals surface area contributed by atoms with Crippen LogP contribution in [-0.2, 0) is 20.1 Å². The molecule has 3 N–H and O–H groups in total. The molecule has 0 bridgehead atoms. The monoisotopic (exact) mass is 113 g/mol. The molecule has 0 saturated carbocycles. The lowest BCUT2D eigenvalue weighted by Gasteiger charge is -1.75. The Balaban J connectivity index is 4.06. The number of rotatable bonds is 0. The van der Waals surface area contributed by atoms with Crippen LogP contribution in [0.4, 0.5) is 0 Å². The van der Waals surface area contributed by atoms with Crippen LogP contribution < -0.4 is 5.14 Å². The van der Waals surface area contributed by atoms with Crippen molar-refractivity contribution in [3.05, 3.63) is 0 Å². The number of hydrogen-bond acceptors (Lipinski definition) is 2. The van der Waals surface area contributed by atoms with Crippen molar-refractivity contribution < 1.29 is 8.76 Å². The highest BCUT2D eigenvalue weighted by Gasteiger charge is 1.75. The summed E-state index contributed by atoms with van der Waals surface area (Å²) in [6.07, 6.45) is 0. The predicted octanol–water partition coefficient (Wildman–Crippen LogP) is -0.921. The van der Waals surface area contributed by atoms with E-state index >= 15 is 0 Å². The van der Waals surface area contributed by atoms with Gasteiger partial charge in [0.25, 0.3) is 0 Å². The van der Waals surface area contributed by atoms with Crippen LogP contribution in [0.15, 0.2) is 0 Å². The minimum Gasteiger partial charge on any atom is -0.294 e. The van der Waals surface area contributed by atoms with Crippen molar-refractivity contribution in [3.8, 4) is 0 Å². The molecule has 0 aromatic heterocycles. The Morgan fingerprint density at radius 2 is 2.00 bits per heavy atom. The summed E-state index contributed by atoms with van der Waals surface area (Å²) in [5, 5.41) is 4.25. The van der Waals surface area contributed by atoms with Crippen LogP contribution >= 0.6 is 0 Å². The second kappa shape index (κ2) is 1.17. The Kier molecular flexibility index (Phi) is 1.24. The van der Waals surface area contributed by atoms with Crippen LogP contribution in [0, 0.1) is 0 Å². The van der Waals surface area contributed by atoms with Crippen molar-refractivity contribution in [2.45, 2.75) is 0 Å². The zero-order valence-corrected chi connectivity index (χ0v) is 3.88. The second-order valence-electron chi connectivity index (χ2n) is 0.515. The third kappa shape index (κ3) is 268. The van der Waals surface area contributed by atoms with E-state index < -0.39 is 8.96 Å². The van der Waals surface area contributed by atoms with Gasteiger partial charge < -0.3 is 0 Å². The minimum atomic E-state index is -3.33. The lowest BCUT2D eigenvalue weighted by Crippen LogP contribution is -2.06. The Bertz CT molecular complexity index is 90.8. The normalized spacial score (nSPS) is 21.2. The number of hydrogen-bond donors (Lipinski definition) is 2. The van der Waals surface area contributed by atoms with Gasteiger partial charge in [-0.25, -0.2) is 9.35 Å². The smallest absolute Gasteiger partial charge is 0.204 e. The third-order valence-electron chi connectivity index (χ3n) is 0. The maximum atomic E-state index is 9.34. The fourth-order valence-corrected chi connectivity index (χ4v) is 0. The van der Waals surface area contributed by atoms with Crippen LogP contribution in [0.1, 0.15) is 0 Å². The van der Waals surface area contributed by atoms with E-state index in [0.29, 0.717) is 0 Å². The van der Waals surface area contributed by atoms with Crippen molar-refractivity contribution in [2.24, 2.45) is 5.14 Å². The van der Waals surface area contributed by atoms with Gasteiger partial charge in [-0.1, -0.05) is 0 Å². The fraction of sp³-hybridized carbons (Fsp3) is 0. The zero-order valence-electron chi connectivity index (χ0n) is 2.25. The van der Waals surface area contributed by atoms with Gasteiger partial charge in [0, 0.05) is 11.2 Å². The van der Waals surface area contributed by atoms with Crippen LogP contribution in [0.3, 0.4) is 0 Å². The zero-order chi connectivity index (χ0) is 4.50. The van der Waals surface area contributed by atoms with Crippen molar-refractivity contribution in [2.75, 3.05) is 0 Å². The Morgan fingerprint density at radius 3 is 2.00 bits per heavy atom. The Hall–Kier alpha value is 0.290. The highest BCUT2D eigenvalue weighted by atomic mass is 32.8. The summed E-state index contributed by atoms with van der Waals surface area (Å²) >= 11 is 3.69. The van der Waals surface area contributed by atoms with Crippen molar-refractivity contribution in [3.63, 3.8) is 0 Å². The lowest BCUT2D eigenvalue weighted by molar-refractivity contribution is 0.563. The number of nitrogens with two attached hydrogens (primary N) is 1. The van der Waals surface area contributed by atoms with Crippen LogP contribution in [0.25, 0.3) is 0 Å². The first-order valence-electron chi connectivity index (χ1n) is 0.752. The van der Waals surface area contributed by atoms with Gasteiger partial charge in [-0.3, -0.25) is 4.55 Å². The summed E-state index contributed by atoms with van der Waals surface area (Å²) in [7, 11) is -3.33. The molecule has 0 aliphatic heterocycles. The first kappa shape index (κ1) is 5.29. The summed E-state index contributed by atoms with van der Waals surface area (Å²) in [4.78, 5) is 0. The van der Waals surface area contributed by atoms with Gasteiger partial charge in [0.1, 0.15) is 0 Å². The molecule has 0 saturated heterocycles. The second-order valence-corrected chi connectivity index (χ2v) is 2.98. The summed E-state index contributed by atoms with van der Waals surface area (Å²) in [5.41, 5.74) is 0. The first-order valence-corrected chi connectivity index (χ1v) is 3.25. The molecule has 1 atom stereocenters. The Morgan fingerprint density at radius 1 is 2.00 bits per heavy atom. The molecule has 0 aliphatic rings. The summed E-state index contributed by atoms with van der Waals surface area (Å²) in [6, 6.07) is 0. The quantitative estimate of drug-likeness (QED) is 0.427. The van der Waals surface area contributed by atoms with E-state index in [0.717, 1.165) is 0 Å². The van der Waals surface area contributed by atoms with Crippen LogP contribution in [0.2, 0.25) is 0 Å². The molecule has 0 spiro atoms. The molecule has 0 aliphatic carbocycles. The molecular formula is H3NO2S2. The Labute approximate surface area is 34.8 Å². The molecule has 0 amide bonds. The van der Waals surface area contributed by atoms with E-state index in [-0.39, 0.29) is 0 Å². The topological polar surface area (TPSA) is 63.3 Å². The standard InChI is InChI=1S/H3NO2S2/c1-5(2,3)4/h(H3,1,2,3,4). The van der Waals surface area contributed by atoms with Crippen molar-refractivity contribution >= 4 is 20.1 Å². The summed E-state index contributed by atoms with van der Waals surface area (Å²) < 4.78 is 17.0. The predicted molar refractivity (Wildman–Crippen MR) is 22.3 cm³/mol. The van der Waals surface area contributed by atoms with Crippen molar-refractivity contribution in [1.82, 2.24) is 0 Å². The molecule has 0 rings (SSSR count). The van der Waals surface area contributed by atoms with E-state index in [1.165, 1.54) is 0 Å². The average Bonchev–Trinajstić information content (AvgIpc) is 0.722. The van der Waals surface area contributed by atoms with Gasteiger partial charge >= 0.3 is 0 Å². The molecule has 0 aromatic rings. The van der Waals surface area contributed by atoms with Gasteiger partial charge in [-0.15, -0.1) is 0 Å². The average molecular weight is 113 g/mol. The highest BCUT2D eigenvalue weighted by molar-refractivity contribution is 8.28. The molecule has 5 heteroatoms. The van der Waals surface area contributed by atoms with Gasteiger partial charge in [0.05, 0.1) is 0 Å². The molecule has 32 valence electrons. The SMILES string of the molecule is NS(=O)(O)=S. The molecule has 0 fully saturated rings. The first-order chi connectivity index (χ1) is 2.00. The summed E-state index contributed by atoms with van der Waals surface area (Å²) in [5.74, 6) is 0. The highest BCUT2D eigenvalue weighted by Crippen LogP contribution is 1.53. The molecule has 3 nitrogen and oxygen atoms in total. The van der Waals surface area contributed by atoms with Crippen molar-refractivity contribution in [1.29, 1.82) is 0 Å². The van der Waals surface area contributed by atoms with E-state index in [1.54, 1.807) is 0 Å². The maximum Gasteiger partial charge on any atom is 0.204 e. The van der Waals surface area contributed by atoms with Crippen LogP contribution in [-0.4, -0.2) is 8.76 Å². The fourth-order valence-electron chi connectivity index (χ4n) is 0. The third-order valence-corrected chi connectivity index (χ3v) is 0. The minimum absolute atomic E-state index is 3.33. The maximum absolute atomic E-state index is 9.34. The van der Waals surface area contributed by atoms with E-state index in [1.807, 2.05) is 0 Å². The molecular weight excluding hydrogens is 110 g/mol. The van der Waals surface area contributed by atoms with E-state index in [9.17, 15) is 4.21 Å². The molecule has 5 heavy (non-hydrogen) atoms. The van der Waals surface area contributed by atoms with Gasteiger partial charge in [-0.2, -0.15) is 0 Å².